The van der Waals surface area contributed by atoms with Gasteiger partial charge in [0.2, 0.25) is 5.91 Å². The van der Waals surface area contributed by atoms with Crippen LogP contribution in [0.2, 0.25) is 0 Å². The van der Waals surface area contributed by atoms with Gasteiger partial charge in [-0.15, -0.1) is 0 Å². The number of aromatic amines is 1. The summed E-state index contributed by atoms with van der Waals surface area (Å²) in [6, 6.07) is 9.91. The summed E-state index contributed by atoms with van der Waals surface area (Å²) >= 11 is 0. The highest BCUT2D eigenvalue weighted by Crippen LogP contribution is 2.08. The van der Waals surface area contributed by atoms with Crippen LogP contribution in [0, 0.1) is 6.92 Å². The maximum absolute atomic E-state index is 12.4. The van der Waals surface area contributed by atoms with E-state index in [1.807, 2.05) is 42.2 Å². The zero-order valence-electron chi connectivity index (χ0n) is 14.6. The van der Waals surface area contributed by atoms with E-state index in [0.29, 0.717) is 6.61 Å². The molecule has 134 valence electrons. The highest BCUT2D eigenvalue weighted by atomic mass is 16.5. The molecule has 2 aromatic rings. The molecule has 1 amide bonds. The lowest BCUT2D eigenvalue weighted by molar-refractivity contribution is -0.136. The zero-order chi connectivity index (χ0) is 17.5. The van der Waals surface area contributed by atoms with Crippen molar-refractivity contribution in [2.45, 2.75) is 26.5 Å². The quantitative estimate of drug-likeness (QED) is 0.857. The first kappa shape index (κ1) is 17.6. The molecular formula is C18H25N5O2. The fraction of sp³-hybridized carbons (Fsp3) is 0.500. The van der Waals surface area contributed by atoms with Crippen molar-refractivity contribution in [2.24, 2.45) is 0 Å². The van der Waals surface area contributed by atoms with E-state index >= 15 is 0 Å². The average Bonchev–Trinajstić information content (AvgIpc) is 2.89. The van der Waals surface area contributed by atoms with Crippen molar-refractivity contribution in [3.05, 3.63) is 47.5 Å². The number of H-pyrrole nitrogens is 1. The van der Waals surface area contributed by atoms with E-state index in [1.54, 1.807) is 0 Å². The van der Waals surface area contributed by atoms with Crippen molar-refractivity contribution < 1.29 is 9.53 Å². The Bertz CT molecular complexity index is 673. The third-order valence-electron chi connectivity index (χ3n) is 4.29. The first-order valence-electron chi connectivity index (χ1n) is 8.70. The number of aromatic nitrogens is 3. The molecule has 0 bridgehead atoms. The minimum absolute atomic E-state index is 0.0616. The van der Waals surface area contributed by atoms with E-state index < -0.39 is 0 Å². The molecule has 7 heteroatoms. The largest absolute Gasteiger partial charge is 0.367 e. The summed E-state index contributed by atoms with van der Waals surface area (Å²) in [6.07, 6.45) is 0.952. The number of benzene rings is 1. The Kier molecular flexibility index (Phi) is 6.14. The van der Waals surface area contributed by atoms with E-state index in [2.05, 4.69) is 20.1 Å². The summed E-state index contributed by atoms with van der Waals surface area (Å²) in [5.74, 6) is 1.70. The van der Waals surface area contributed by atoms with Crippen LogP contribution >= 0.6 is 0 Å². The summed E-state index contributed by atoms with van der Waals surface area (Å²) in [4.78, 5) is 20.9. The molecular weight excluding hydrogens is 318 g/mol. The van der Waals surface area contributed by atoms with Gasteiger partial charge in [-0.05, 0) is 18.9 Å². The van der Waals surface area contributed by atoms with Gasteiger partial charge >= 0.3 is 0 Å². The van der Waals surface area contributed by atoms with Gasteiger partial charge < -0.3 is 9.64 Å². The minimum Gasteiger partial charge on any atom is -0.367 e. The number of nitrogens with one attached hydrogen (secondary N) is 1. The topological polar surface area (TPSA) is 74.3 Å². The van der Waals surface area contributed by atoms with Gasteiger partial charge in [0, 0.05) is 26.2 Å². The predicted octanol–water partition coefficient (Wildman–Crippen LogP) is 1.36. The molecule has 0 radical (unpaired) electrons. The normalized spacial score (nSPS) is 16.0. The lowest BCUT2D eigenvalue weighted by Crippen LogP contribution is -2.37. The Balaban J connectivity index is 1.41. The Morgan fingerprint density at radius 3 is 2.80 bits per heavy atom. The number of nitrogens with zero attached hydrogens (tertiary/aromatic N) is 4. The van der Waals surface area contributed by atoms with Crippen molar-refractivity contribution >= 4 is 5.91 Å². The van der Waals surface area contributed by atoms with Gasteiger partial charge in [-0.1, -0.05) is 30.3 Å². The number of amides is 1. The standard InChI is InChI=1S/C18H25N5O2/c1-15-19-17(21-20-15)12-22-8-5-9-23(11-10-22)18(24)14-25-13-16-6-3-2-4-7-16/h2-4,6-7H,5,8-14H2,1H3,(H,19,20,21). The van der Waals surface area contributed by atoms with E-state index in [9.17, 15) is 4.79 Å². The molecule has 0 atom stereocenters. The average molecular weight is 343 g/mol. The Morgan fingerprint density at radius 2 is 2.04 bits per heavy atom. The summed E-state index contributed by atoms with van der Waals surface area (Å²) in [6.45, 7) is 6.49. The smallest absolute Gasteiger partial charge is 0.248 e. The second-order valence-electron chi connectivity index (χ2n) is 6.33. The van der Waals surface area contributed by atoms with Crippen molar-refractivity contribution in [1.82, 2.24) is 25.0 Å². The van der Waals surface area contributed by atoms with Crippen LogP contribution in [0.15, 0.2) is 30.3 Å². The molecule has 1 aliphatic heterocycles. The van der Waals surface area contributed by atoms with Gasteiger partial charge in [-0.2, -0.15) is 5.10 Å². The Morgan fingerprint density at radius 1 is 1.20 bits per heavy atom. The van der Waals surface area contributed by atoms with Gasteiger partial charge in [0.15, 0.2) is 5.82 Å². The van der Waals surface area contributed by atoms with Crippen molar-refractivity contribution in [1.29, 1.82) is 0 Å². The first-order valence-corrected chi connectivity index (χ1v) is 8.70. The summed E-state index contributed by atoms with van der Waals surface area (Å²) in [5, 5.41) is 7.05. The molecule has 0 aliphatic carbocycles. The highest BCUT2D eigenvalue weighted by molar-refractivity contribution is 5.77. The summed E-state index contributed by atoms with van der Waals surface area (Å²) in [5.41, 5.74) is 1.08. The third kappa shape index (κ3) is 5.37. The maximum atomic E-state index is 12.4. The highest BCUT2D eigenvalue weighted by Gasteiger charge is 2.20. The fourth-order valence-electron chi connectivity index (χ4n) is 2.96. The number of hydrogen-bond acceptors (Lipinski definition) is 5. The van der Waals surface area contributed by atoms with Crippen LogP contribution in [0.1, 0.15) is 23.6 Å². The van der Waals surface area contributed by atoms with E-state index in [0.717, 1.165) is 56.4 Å². The van der Waals surface area contributed by atoms with Gasteiger partial charge in [-0.3, -0.25) is 14.8 Å². The molecule has 1 fully saturated rings. The van der Waals surface area contributed by atoms with Crippen LogP contribution in [0.5, 0.6) is 0 Å². The Hall–Kier alpha value is -2.25. The second-order valence-corrected chi connectivity index (χ2v) is 6.33. The lowest BCUT2D eigenvalue weighted by atomic mass is 10.2. The number of rotatable bonds is 6. The number of ether oxygens (including phenoxy) is 1. The van der Waals surface area contributed by atoms with Crippen LogP contribution in [0.4, 0.5) is 0 Å². The number of aryl methyl sites for hydroxylation is 1. The first-order chi connectivity index (χ1) is 12.2. The Labute approximate surface area is 148 Å². The van der Waals surface area contributed by atoms with Crippen LogP contribution in [0.25, 0.3) is 0 Å². The molecule has 0 unspecified atom stereocenters. The summed E-state index contributed by atoms with van der Waals surface area (Å²) < 4.78 is 5.57. The van der Waals surface area contributed by atoms with Crippen LogP contribution in [0.3, 0.4) is 0 Å². The molecule has 1 aliphatic rings. The zero-order valence-corrected chi connectivity index (χ0v) is 14.6. The van der Waals surface area contributed by atoms with Crippen molar-refractivity contribution in [3.63, 3.8) is 0 Å². The fourth-order valence-corrected chi connectivity index (χ4v) is 2.96. The molecule has 1 N–H and O–H groups in total. The van der Waals surface area contributed by atoms with Crippen LogP contribution in [-0.2, 0) is 22.7 Å². The molecule has 3 rings (SSSR count). The molecule has 1 aromatic heterocycles. The van der Waals surface area contributed by atoms with E-state index in [4.69, 9.17) is 4.74 Å². The van der Waals surface area contributed by atoms with Crippen molar-refractivity contribution in [3.8, 4) is 0 Å². The van der Waals surface area contributed by atoms with Crippen LogP contribution < -0.4 is 0 Å². The second kappa shape index (κ2) is 8.73. The number of hydrogen-bond donors (Lipinski definition) is 1. The number of carbonyl (C=O) groups is 1. The molecule has 2 heterocycles. The lowest BCUT2D eigenvalue weighted by Gasteiger charge is -2.21. The molecule has 0 saturated carbocycles. The van der Waals surface area contributed by atoms with Gasteiger partial charge in [0.25, 0.3) is 0 Å². The molecule has 0 spiro atoms. The molecule has 1 saturated heterocycles. The molecule has 25 heavy (non-hydrogen) atoms. The van der Waals surface area contributed by atoms with Gasteiger partial charge in [0.1, 0.15) is 12.4 Å². The molecule has 1 aromatic carbocycles. The monoisotopic (exact) mass is 343 g/mol. The minimum atomic E-state index is 0.0616. The van der Waals surface area contributed by atoms with Gasteiger partial charge in [0.05, 0.1) is 13.2 Å². The van der Waals surface area contributed by atoms with Crippen LogP contribution in [-0.4, -0.2) is 63.7 Å². The maximum Gasteiger partial charge on any atom is 0.248 e. The van der Waals surface area contributed by atoms with E-state index in [-0.39, 0.29) is 12.5 Å². The van der Waals surface area contributed by atoms with Crippen molar-refractivity contribution in [2.75, 3.05) is 32.8 Å². The number of carbonyl (C=O) groups excluding carboxylic acids is 1. The third-order valence-corrected chi connectivity index (χ3v) is 4.29. The van der Waals surface area contributed by atoms with E-state index in [1.165, 1.54) is 0 Å². The molecule has 7 nitrogen and oxygen atoms in total. The van der Waals surface area contributed by atoms with Gasteiger partial charge in [-0.25, -0.2) is 4.98 Å². The predicted molar refractivity (Wildman–Crippen MR) is 93.7 cm³/mol. The summed E-state index contributed by atoms with van der Waals surface area (Å²) in [7, 11) is 0. The SMILES string of the molecule is Cc1nc(CN2CCCN(C(=O)COCc3ccccc3)CC2)n[nH]1.